The van der Waals surface area contributed by atoms with Gasteiger partial charge in [-0.25, -0.2) is 13.6 Å². The van der Waals surface area contributed by atoms with Gasteiger partial charge in [0.1, 0.15) is 11.3 Å². The van der Waals surface area contributed by atoms with Gasteiger partial charge in [0, 0.05) is 13.0 Å². The summed E-state index contributed by atoms with van der Waals surface area (Å²) in [6.45, 7) is 1.83. The zero-order chi connectivity index (χ0) is 14.2. The lowest BCUT2D eigenvalue weighted by atomic mass is 10.1. The molecule has 1 aliphatic rings. The minimum Gasteiger partial charge on any atom is -0.310 e. The van der Waals surface area contributed by atoms with E-state index in [0.717, 1.165) is 5.56 Å². The average molecular weight is 279 g/mol. The van der Waals surface area contributed by atoms with E-state index in [4.69, 9.17) is 10.4 Å². The predicted octanol–water partition coefficient (Wildman–Crippen LogP) is 0.260. The Bertz CT molecular complexity index is 676. The van der Waals surface area contributed by atoms with Crippen molar-refractivity contribution >= 4 is 21.6 Å². The Balaban J connectivity index is 2.42. The lowest BCUT2D eigenvalue weighted by Gasteiger charge is -2.18. The van der Waals surface area contributed by atoms with E-state index in [0.29, 0.717) is 11.3 Å². The molecule has 1 aliphatic heterocycles. The maximum absolute atomic E-state index is 11.9. The monoisotopic (exact) mass is 279 g/mol. The van der Waals surface area contributed by atoms with Crippen molar-refractivity contribution < 1.29 is 13.2 Å². The molecule has 1 amide bonds. The standard InChI is InChI=1S/C12H13N3O3S/c1-8-2-3-9(6-13)11(4-8)15-7-10(5-12(15)16)19(14,17)18/h2-4,10H,5,7H2,1H3,(H2,14,17,18). The minimum atomic E-state index is -3.75. The molecule has 1 heterocycles. The molecule has 1 aromatic carbocycles. The van der Waals surface area contributed by atoms with Gasteiger partial charge in [-0.1, -0.05) is 6.07 Å². The van der Waals surface area contributed by atoms with Crippen LogP contribution in [0.5, 0.6) is 0 Å². The zero-order valence-electron chi connectivity index (χ0n) is 10.3. The fourth-order valence-electron chi connectivity index (χ4n) is 2.09. The van der Waals surface area contributed by atoms with Crippen LogP contribution >= 0.6 is 0 Å². The first-order valence-corrected chi connectivity index (χ1v) is 7.26. The maximum Gasteiger partial charge on any atom is 0.228 e. The third kappa shape index (κ3) is 2.59. The van der Waals surface area contributed by atoms with Gasteiger partial charge >= 0.3 is 0 Å². The van der Waals surface area contributed by atoms with E-state index >= 15 is 0 Å². The summed E-state index contributed by atoms with van der Waals surface area (Å²) in [4.78, 5) is 13.2. The number of hydrogen-bond acceptors (Lipinski definition) is 4. The highest BCUT2D eigenvalue weighted by atomic mass is 32.2. The van der Waals surface area contributed by atoms with E-state index in [1.807, 2.05) is 13.0 Å². The third-order valence-electron chi connectivity index (χ3n) is 3.12. The molecule has 19 heavy (non-hydrogen) atoms. The topological polar surface area (TPSA) is 104 Å². The Morgan fingerprint density at radius 3 is 2.68 bits per heavy atom. The molecule has 1 atom stereocenters. The third-order valence-corrected chi connectivity index (χ3v) is 4.36. The number of sulfonamides is 1. The fourth-order valence-corrected chi connectivity index (χ4v) is 2.82. The average Bonchev–Trinajstić information content (AvgIpc) is 2.71. The summed E-state index contributed by atoms with van der Waals surface area (Å²) in [6.07, 6.45) is -0.141. The van der Waals surface area contributed by atoms with Crippen LogP contribution in [0, 0.1) is 18.3 Å². The van der Waals surface area contributed by atoms with Gasteiger partial charge in [-0.3, -0.25) is 4.79 Å². The Kier molecular flexibility index (Phi) is 3.30. The summed E-state index contributed by atoms with van der Waals surface area (Å²) >= 11 is 0. The first kappa shape index (κ1) is 13.5. The molecular weight excluding hydrogens is 266 g/mol. The van der Waals surface area contributed by atoms with Crippen LogP contribution in [0.4, 0.5) is 5.69 Å². The van der Waals surface area contributed by atoms with E-state index in [-0.39, 0.29) is 18.9 Å². The predicted molar refractivity (Wildman–Crippen MR) is 69.8 cm³/mol. The number of amides is 1. The number of carbonyl (C=O) groups excluding carboxylic acids is 1. The van der Waals surface area contributed by atoms with Crippen LogP contribution in [0.2, 0.25) is 0 Å². The quantitative estimate of drug-likeness (QED) is 0.838. The molecule has 0 aliphatic carbocycles. The first-order chi connectivity index (χ1) is 8.82. The molecule has 0 aromatic heterocycles. The highest BCUT2D eigenvalue weighted by molar-refractivity contribution is 7.89. The molecule has 2 N–H and O–H groups in total. The number of rotatable bonds is 2. The molecule has 1 fully saturated rings. The molecular formula is C12H13N3O3S. The van der Waals surface area contributed by atoms with Crippen LogP contribution in [0.3, 0.4) is 0 Å². The van der Waals surface area contributed by atoms with Crippen molar-refractivity contribution in [1.29, 1.82) is 5.26 Å². The van der Waals surface area contributed by atoms with Crippen LogP contribution in [-0.2, 0) is 14.8 Å². The van der Waals surface area contributed by atoms with Crippen LogP contribution < -0.4 is 10.0 Å². The highest BCUT2D eigenvalue weighted by Gasteiger charge is 2.37. The SMILES string of the molecule is Cc1ccc(C#N)c(N2CC(S(N)(=O)=O)CC2=O)c1. The molecule has 0 radical (unpaired) electrons. The van der Waals surface area contributed by atoms with E-state index in [1.165, 1.54) is 4.90 Å². The number of aryl methyl sites for hydroxylation is 1. The number of benzene rings is 1. The second-order valence-electron chi connectivity index (χ2n) is 4.55. The Hall–Kier alpha value is -1.91. The number of nitriles is 1. The molecule has 1 aromatic rings. The molecule has 0 bridgehead atoms. The summed E-state index contributed by atoms with van der Waals surface area (Å²) < 4.78 is 22.6. The second-order valence-corrected chi connectivity index (χ2v) is 6.40. The lowest BCUT2D eigenvalue weighted by Crippen LogP contribution is -2.32. The summed E-state index contributed by atoms with van der Waals surface area (Å²) in [6, 6.07) is 7.07. The van der Waals surface area contributed by atoms with Crippen molar-refractivity contribution in [2.24, 2.45) is 5.14 Å². The van der Waals surface area contributed by atoms with Crippen molar-refractivity contribution in [3.8, 4) is 6.07 Å². The largest absolute Gasteiger partial charge is 0.310 e. The van der Waals surface area contributed by atoms with Crippen molar-refractivity contribution in [3.05, 3.63) is 29.3 Å². The number of nitrogens with two attached hydrogens (primary N) is 1. The molecule has 2 rings (SSSR count). The highest BCUT2D eigenvalue weighted by Crippen LogP contribution is 2.28. The normalized spacial score (nSPS) is 19.5. The molecule has 1 saturated heterocycles. The Morgan fingerprint density at radius 1 is 1.47 bits per heavy atom. The van der Waals surface area contributed by atoms with E-state index in [9.17, 15) is 13.2 Å². The second kappa shape index (κ2) is 4.64. The first-order valence-electron chi connectivity index (χ1n) is 5.65. The minimum absolute atomic E-state index is 0.00417. The molecule has 100 valence electrons. The van der Waals surface area contributed by atoms with E-state index in [1.54, 1.807) is 18.2 Å². The number of anilines is 1. The van der Waals surface area contributed by atoms with Crippen molar-refractivity contribution in [1.82, 2.24) is 0 Å². The number of carbonyl (C=O) groups is 1. The van der Waals surface area contributed by atoms with Gasteiger partial charge in [0.15, 0.2) is 0 Å². The van der Waals surface area contributed by atoms with Gasteiger partial charge < -0.3 is 4.90 Å². The fraction of sp³-hybridized carbons (Fsp3) is 0.333. The van der Waals surface area contributed by atoms with Gasteiger partial charge in [0.2, 0.25) is 15.9 Å². The molecule has 0 saturated carbocycles. The van der Waals surface area contributed by atoms with Crippen molar-refractivity contribution in [2.45, 2.75) is 18.6 Å². The number of primary sulfonamides is 1. The molecule has 7 heteroatoms. The number of nitrogens with zero attached hydrogens (tertiary/aromatic N) is 2. The van der Waals surface area contributed by atoms with Gasteiger partial charge in [-0.05, 0) is 24.6 Å². The zero-order valence-corrected chi connectivity index (χ0v) is 11.1. The maximum atomic E-state index is 11.9. The van der Waals surface area contributed by atoms with Gasteiger partial charge in [-0.15, -0.1) is 0 Å². The molecule has 0 spiro atoms. The van der Waals surface area contributed by atoms with Gasteiger partial charge in [0.05, 0.1) is 11.3 Å². The molecule has 1 unspecified atom stereocenters. The summed E-state index contributed by atoms with van der Waals surface area (Å²) in [5.41, 5.74) is 1.67. The summed E-state index contributed by atoms with van der Waals surface area (Å²) in [5, 5.41) is 13.2. The van der Waals surface area contributed by atoms with Crippen LogP contribution in [-0.4, -0.2) is 26.1 Å². The molecule has 6 nitrogen and oxygen atoms in total. The Morgan fingerprint density at radius 2 is 2.16 bits per heavy atom. The van der Waals surface area contributed by atoms with E-state index < -0.39 is 15.3 Å². The van der Waals surface area contributed by atoms with Crippen LogP contribution in [0.1, 0.15) is 17.5 Å². The summed E-state index contributed by atoms with van der Waals surface area (Å²) in [7, 11) is -3.75. The van der Waals surface area contributed by atoms with Gasteiger partial charge in [-0.2, -0.15) is 5.26 Å². The summed E-state index contributed by atoms with van der Waals surface area (Å²) in [5.74, 6) is -0.332. The smallest absolute Gasteiger partial charge is 0.228 e. The Labute approximate surface area is 111 Å². The van der Waals surface area contributed by atoms with Crippen molar-refractivity contribution in [2.75, 3.05) is 11.4 Å². The van der Waals surface area contributed by atoms with Crippen molar-refractivity contribution in [3.63, 3.8) is 0 Å². The van der Waals surface area contributed by atoms with Crippen LogP contribution in [0.15, 0.2) is 18.2 Å². The van der Waals surface area contributed by atoms with Gasteiger partial charge in [0.25, 0.3) is 0 Å². The van der Waals surface area contributed by atoms with E-state index in [2.05, 4.69) is 0 Å². The van der Waals surface area contributed by atoms with Crippen LogP contribution in [0.25, 0.3) is 0 Å². The number of hydrogen-bond donors (Lipinski definition) is 1. The lowest BCUT2D eigenvalue weighted by molar-refractivity contribution is -0.117.